The number of guanidine groups is 1. The van der Waals surface area contributed by atoms with Crippen LogP contribution in [0.15, 0.2) is 23.2 Å². The van der Waals surface area contributed by atoms with E-state index in [2.05, 4.69) is 27.6 Å². The molecule has 1 aliphatic heterocycles. The third kappa shape index (κ3) is 6.62. The average Bonchev–Trinajstić information content (AvgIpc) is 2.94. The molecule has 1 saturated heterocycles. The van der Waals surface area contributed by atoms with Crippen molar-refractivity contribution in [2.75, 3.05) is 40.0 Å². The SMILES string of the molecule is CN=C(NCc1cc(F)ccc1CS(C)(=O)=O)NCC1CCN(C)C1. The fourth-order valence-corrected chi connectivity index (χ4v) is 3.86. The second kappa shape index (κ2) is 8.62. The molecule has 2 rings (SSSR count). The van der Waals surface area contributed by atoms with Crippen LogP contribution in [0.2, 0.25) is 0 Å². The fourth-order valence-electron chi connectivity index (χ4n) is 3.02. The standard InChI is InChI=1S/C17H27FN4O2S/c1-19-17(20-9-13-6-7-22(2)11-13)21-10-15-8-16(18)5-4-14(15)12-25(3,23)24/h4-5,8,13H,6-7,9-12H2,1-3H3,(H2,19,20,21). The van der Waals surface area contributed by atoms with Crippen LogP contribution in [0, 0.1) is 11.7 Å². The highest BCUT2D eigenvalue weighted by Crippen LogP contribution is 2.15. The van der Waals surface area contributed by atoms with Crippen molar-refractivity contribution in [2.45, 2.75) is 18.7 Å². The Hall–Kier alpha value is -1.67. The Morgan fingerprint density at radius 1 is 1.36 bits per heavy atom. The van der Waals surface area contributed by atoms with E-state index in [1.165, 1.54) is 24.5 Å². The number of hydrogen-bond donors (Lipinski definition) is 2. The molecule has 1 atom stereocenters. The van der Waals surface area contributed by atoms with Crippen molar-refractivity contribution in [3.63, 3.8) is 0 Å². The topological polar surface area (TPSA) is 73.8 Å². The maximum absolute atomic E-state index is 13.5. The van der Waals surface area contributed by atoms with Crippen LogP contribution in [-0.4, -0.2) is 59.3 Å². The van der Waals surface area contributed by atoms with Gasteiger partial charge in [0.1, 0.15) is 5.82 Å². The minimum atomic E-state index is -3.18. The van der Waals surface area contributed by atoms with E-state index in [1.807, 2.05) is 0 Å². The van der Waals surface area contributed by atoms with Gasteiger partial charge in [0.15, 0.2) is 15.8 Å². The van der Waals surface area contributed by atoms with E-state index in [0.29, 0.717) is 29.5 Å². The number of halogens is 1. The van der Waals surface area contributed by atoms with Gasteiger partial charge in [0.05, 0.1) is 5.75 Å². The van der Waals surface area contributed by atoms with Gasteiger partial charge >= 0.3 is 0 Å². The maximum Gasteiger partial charge on any atom is 0.191 e. The van der Waals surface area contributed by atoms with Crippen LogP contribution in [0.5, 0.6) is 0 Å². The van der Waals surface area contributed by atoms with Gasteiger partial charge < -0.3 is 15.5 Å². The molecule has 2 N–H and O–H groups in total. The Morgan fingerprint density at radius 2 is 2.12 bits per heavy atom. The van der Waals surface area contributed by atoms with Crippen LogP contribution in [0.3, 0.4) is 0 Å². The van der Waals surface area contributed by atoms with Crippen molar-refractivity contribution < 1.29 is 12.8 Å². The van der Waals surface area contributed by atoms with Gasteiger partial charge in [0.25, 0.3) is 0 Å². The lowest BCUT2D eigenvalue weighted by molar-refractivity contribution is 0.394. The number of aliphatic imine (C=N–C) groups is 1. The number of hydrogen-bond acceptors (Lipinski definition) is 4. The minimum absolute atomic E-state index is 0.106. The van der Waals surface area contributed by atoms with Crippen molar-refractivity contribution in [3.8, 4) is 0 Å². The Balaban J connectivity index is 1.95. The first-order valence-electron chi connectivity index (χ1n) is 8.35. The van der Waals surface area contributed by atoms with Crippen LogP contribution in [0.1, 0.15) is 17.5 Å². The molecule has 1 fully saturated rings. The summed E-state index contributed by atoms with van der Waals surface area (Å²) in [5, 5.41) is 6.42. The molecule has 0 amide bonds. The number of nitrogens with zero attached hydrogens (tertiary/aromatic N) is 2. The second-order valence-electron chi connectivity index (χ2n) is 6.71. The lowest BCUT2D eigenvalue weighted by atomic mass is 10.1. The molecule has 25 heavy (non-hydrogen) atoms. The number of likely N-dealkylation sites (tertiary alicyclic amines) is 1. The Labute approximate surface area is 149 Å². The zero-order chi connectivity index (χ0) is 18.4. The van der Waals surface area contributed by atoms with E-state index in [4.69, 9.17) is 0 Å². The predicted octanol–water partition coefficient (Wildman–Crippen LogP) is 0.987. The van der Waals surface area contributed by atoms with Crippen molar-refractivity contribution in [1.82, 2.24) is 15.5 Å². The zero-order valence-corrected chi connectivity index (χ0v) is 15.9. The predicted molar refractivity (Wildman–Crippen MR) is 98.8 cm³/mol. The highest BCUT2D eigenvalue weighted by atomic mass is 32.2. The van der Waals surface area contributed by atoms with Crippen molar-refractivity contribution in [2.24, 2.45) is 10.9 Å². The molecule has 1 aromatic carbocycles. The van der Waals surface area contributed by atoms with Gasteiger partial charge in [-0.3, -0.25) is 4.99 Å². The summed E-state index contributed by atoms with van der Waals surface area (Å²) in [7, 11) is 0.607. The molecule has 0 aromatic heterocycles. The van der Waals surface area contributed by atoms with Crippen molar-refractivity contribution >= 4 is 15.8 Å². The van der Waals surface area contributed by atoms with E-state index >= 15 is 0 Å². The van der Waals surface area contributed by atoms with Gasteiger partial charge in [-0.1, -0.05) is 6.07 Å². The quantitative estimate of drug-likeness (QED) is 0.577. The maximum atomic E-state index is 13.5. The zero-order valence-electron chi connectivity index (χ0n) is 15.0. The molecule has 8 heteroatoms. The first-order chi connectivity index (χ1) is 11.8. The molecule has 0 bridgehead atoms. The van der Waals surface area contributed by atoms with Gasteiger partial charge in [-0.15, -0.1) is 0 Å². The van der Waals surface area contributed by atoms with Gasteiger partial charge in [0, 0.05) is 32.9 Å². The molecular formula is C17H27FN4O2S. The summed E-state index contributed by atoms with van der Waals surface area (Å²) < 4.78 is 36.7. The molecule has 1 heterocycles. The lowest BCUT2D eigenvalue weighted by Gasteiger charge is -2.16. The monoisotopic (exact) mass is 370 g/mol. The highest BCUT2D eigenvalue weighted by molar-refractivity contribution is 7.89. The van der Waals surface area contributed by atoms with Crippen molar-refractivity contribution in [3.05, 3.63) is 35.1 Å². The van der Waals surface area contributed by atoms with Gasteiger partial charge in [0.2, 0.25) is 0 Å². The van der Waals surface area contributed by atoms with E-state index in [1.54, 1.807) is 7.05 Å². The Kier molecular flexibility index (Phi) is 6.78. The molecular weight excluding hydrogens is 343 g/mol. The molecule has 1 unspecified atom stereocenters. The summed E-state index contributed by atoms with van der Waals surface area (Å²) in [4.78, 5) is 6.48. The summed E-state index contributed by atoms with van der Waals surface area (Å²) >= 11 is 0. The van der Waals surface area contributed by atoms with Crippen LogP contribution in [0.25, 0.3) is 0 Å². The van der Waals surface area contributed by atoms with E-state index < -0.39 is 9.84 Å². The summed E-state index contributed by atoms with van der Waals surface area (Å²) in [6.45, 7) is 3.30. The molecule has 0 saturated carbocycles. The van der Waals surface area contributed by atoms with Gasteiger partial charge in [-0.2, -0.15) is 0 Å². The van der Waals surface area contributed by atoms with Crippen LogP contribution < -0.4 is 10.6 Å². The average molecular weight is 370 g/mol. The van der Waals surface area contributed by atoms with E-state index in [0.717, 1.165) is 26.1 Å². The van der Waals surface area contributed by atoms with Crippen LogP contribution in [0.4, 0.5) is 4.39 Å². The van der Waals surface area contributed by atoms with Gasteiger partial charge in [-0.25, -0.2) is 12.8 Å². The third-order valence-electron chi connectivity index (χ3n) is 4.30. The normalized spacial score (nSPS) is 19.2. The van der Waals surface area contributed by atoms with Crippen LogP contribution in [-0.2, 0) is 22.1 Å². The fraction of sp³-hybridized carbons (Fsp3) is 0.588. The first kappa shape index (κ1) is 19.7. The Morgan fingerprint density at radius 3 is 2.72 bits per heavy atom. The van der Waals surface area contributed by atoms with Crippen molar-refractivity contribution in [1.29, 1.82) is 0 Å². The summed E-state index contributed by atoms with van der Waals surface area (Å²) in [5.41, 5.74) is 1.22. The number of rotatable bonds is 6. The first-order valence-corrected chi connectivity index (χ1v) is 10.4. The largest absolute Gasteiger partial charge is 0.356 e. The third-order valence-corrected chi connectivity index (χ3v) is 5.14. The lowest BCUT2D eigenvalue weighted by Crippen LogP contribution is -2.40. The summed E-state index contributed by atoms with van der Waals surface area (Å²) in [5.74, 6) is 0.721. The molecule has 0 spiro atoms. The highest BCUT2D eigenvalue weighted by Gasteiger charge is 2.19. The van der Waals surface area contributed by atoms with Crippen LogP contribution >= 0.6 is 0 Å². The Bertz CT molecular complexity index is 721. The molecule has 0 aliphatic carbocycles. The minimum Gasteiger partial charge on any atom is -0.356 e. The number of benzene rings is 1. The molecule has 0 radical (unpaired) electrons. The van der Waals surface area contributed by atoms with E-state index in [-0.39, 0.29) is 11.6 Å². The van der Waals surface area contributed by atoms with E-state index in [9.17, 15) is 12.8 Å². The second-order valence-corrected chi connectivity index (χ2v) is 8.85. The number of nitrogens with one attached hydrogen (secondary N) is 2. The summed E-state index contributed by atoms with van der Waals surface area (Å²) in [6, 6.07) is 4.18. The molecule has 1 aromatic rings. The molecule has 6 nitrogen and oxygen atoms in total. The number of sulfone groups is 1. The summed E-state index contributed by atoms with van der Waals surface area (Å²) in [6.07, 6.45) is 2.33. The smallest absolute Gasteiger partial charge is 0.191 e. The molecule has 1 aliphatic rings. The van der Waals surface area contributed by atoms with Gasteiger partial charge in [-0.05, 0) is 49.2 Å². The molecule has 140 valence electrons.